The van der Waals surface area contributed by atoms with Crippen molar-refractivity contribution < 1.29 is 14.3 Å². The molecule has 2 aromatic carbocycles. The van der Waals surface area contributed by atoms with E-state index in [-0.39, 0.29) is 12.7 Å². The Kier molecular flexibility index (Phi) is 4.11. The molecule has 0 radical (unpaired) electrons. The van der Waals surface area contributed by atoms with Crippen LogP contribution in [0.1, 0.15) is 21.5 Å². The summed E-state index contributed by atoms with van der Waals surface area (Å²) in [7, 11) is 0. The summed E-state index contributed by atoms with van der Waals surface area (Å²) in [4.78, 5) is 12.0. The molecule has 0 bridgehead atoms. The van der Waals surface area contributed by atoms with Gasteiger partial charge in [0.1, 0.15) is 0 Å². The molecule has 5 nitrogen and oxygen atoms in total. The molecule has 0 saturated heterocycles. The van der Waals surface area contributed by atoms with Gasteiger partial charge in [0.15, 0.2) is 11.5 Å². The smallest absolute Gasteiger partial charge is 0.271 e. The Morgan fingerprint density at radius 2 is 2.00 bits per heavy atom. The van der Waals surface area contributed by atoms with Crippen LogP contribution in [0, 0.1) is 6.92 Å². The third kappa shape index (κ3) is 2.96. The fourth-order valence-electron chi connectivity index (χ4n) is 2.08. The minimum Gasteiger partial charge on any atom is -0.454 e. The van der Waals surface area contributed by atoms with Gasteiger partial charge in [0.25, 0.3) is 5.91 Å². The monoisotopic (exact) mass is 360 g/mol. The van der Waals surface area contributed by atoms with Gasteiger partial charge in [-0.1, -0.05) is 18.2 Å². The molecule has 0 spiro atoms. The number of hydrogen-bond donors (Lipinski definition) is 1. The fourth-order valence-corrected chi connectivity index (χ4v) is 2.50. The average molecular weight is 361 g/mol. The Morgan fingerprint density at radius 1 is 1.27 bits per heavy atom. The quantitative estimate of drug-likeness (QED) is 0.675. The van der Waals surface area contributed by atoms with E-state index >= 15 is 0 Å². The zero-order chi connectivity index (χ0) is 15.5. The van der Waals surface area contributed by atoms with E-state index in [1.165, 1.54) is 0 Å². The van der Waals surface area contributed by atoms with E-state index in [1.807, 2.05) is 31.2 Å². The summed E-state index contributed by atoms with van der Waals surface area (Å²) in [6.45, 7) is 2.10. The van der Waals surface area contributed by atoms with Gasteiger partial charge in [-0.3, -0.25) is 4.79 Å². The van der Waals surface area contributed by atoms with Crippen molar-refractivity contribution in [3.05, 3.63) is 57.6 Å². The van der Waals surface area contributed by atoms with E-state index in [0.717, 1.165) is 15.6 Å². The highest BCUT2D eigenvalue weighted by Crippen LogP contribution is 2.36. The van der Waals surface area contributed by atoms with Gasteiger partial charge in [-0.25, -0.2) is 5.43 Å². The van der Waals surface area contributed by atoms with Crippen LogP contribution < -0.4 is 14.9 Å². The van der Waals surface area contributed by atoms with Crippen molar-refractivity contribution in [2.24, 2.45) is 5.10 Å². The number of benzene rings is 2. The number of carbonyl (C=O) groups excluding carboxylic acids is 1. The number of ether oxygens (including phenoxy) is 2. The van der Waals surface area contributed by atoms with Crippen molar-refractivity contribution >= 4 is 28.1 Å². The first kappa shape index (κ1) is 14.6. The SMILES string of the molecule is Cc1ccccc1C(=O)N/N=C/c1cc2c(cc1Br)OCO2. The van der Waals surface area contributed by atoms with Gasteiger partial charge in [-0.15, -0.1) is 0 Å². The maximum absolute atomic E-state index is 12.0. The van der Waals surface area contributed by atoms with Gasteiger partial charge in [0.2, 0.25) is 6.79 Å². The van der Waals surface area contributed by atoms with Gasteiger partial charge in [-0.2, -0.15) is 5.10 Å². The number of fused-ring (bicyclic) bond motifs is 1. The van der Waals surface area contributed by atoms with Crippen molar-refractivity contribution in [1.82, 2.24) is 5.43 Å². The Labute approximate surface area is 136 Å². The number of amides is 1. The van der Waals surface area contributed by atoms with E-state index < -0.39 is 0 Å². The lowest BCUT2D eigenvalue weighted by atomic mass is 10.1. The molecule has 1 heterocycles. The number of hydrogen-bond acceptors (Lipinski definition) is 4. The predicted octanol–water partition coefficient (Wildman–Crippen LogP) is 3.25. The standard InChI is InChI=1S/C16H13BrN2O3/c1-10-4-2-3-5-12(10)16(20)19-18-8-11-6-14-15(7-13(11)17)22-9-21-14/h2-8H,9H2,1H3,(H,19,20)/b18-8+. The molecular formula is C16H13BrN2O3. The van der Waals surface area contributed by atoms with E-state index in [1.54, 1.807) is 18.3 Å². The molecule has 0 aliphatic carbocycles. The molecule has 22 heavy (non-hydrogen) atoms. The van der Waals surface area contributed by atoms with Crippen LogP contribution >= 0.6 is 15.9 Å². The van der Waals surface area contributed by atoms with Crippen molar-refractivity contribution in [3.8, 4) is 11.5 Å². The highest BCUT2D eigenvalue weighted by molar-refractivity contribution is 9.10. The summed E-state index contributed by atoms with van der Waals surface area (Å²) in [6.07, 6.45) is 1.56. The van der Waals surface area contributed by atoms with Gasteiger partial charge in [0.05, 0.1) is 6.21 Å². The molecule has 0 unspecified atom stereocenters. The molecule has 1 amide bonds. The third-order valence-corrected chi connectivity index (χ3v) is 3.94. The molecule has 0 fully saturated rings. The lowest BCUT2D eigenvalue weighted by Crippen LogP contribution is -2.18. The van der Waals surface area contributed by atoms with Crippen LogP contribution in [-0.2, 0) is 0 Å². The number of nitrogens with zero attached hydrogens (tertiary/aromatic N) is 1. The first-order valence-electron chi connectivity index (χ1n) is 6.63. The lowest BCUT2D eigenvalue weighted by Gasteiger charge is -2.04. The first-order chi connectivity index (χ1) is 10.6. The van der Waals surface area contributed by atoms with Crippen molar-refractivity contribution in [2.45, 2.75) is 6.92 Å². The number of carbonyl (C=O) groups is 1. The highest BCUT2D eigenvalue weighted by Gasteiger charge is 2.15. The zero-order valence-electron chi connectivity index (χ0n) is 11.8. The van der Waals surface area contributed by atoms with Crippen molar-refractivity contribution in [2.75, 3.05) is 6.79 Å². The second-order valence-electron chi connectivity index (χ2n) is 4.74. The van der Waals surface area contributed by atoms with Gasteiger partial charge >= 0.3 is 0 Å². The van der Waals surface area contributed by atoms with Crippen LogP contribution in [0.4, 0.5) is 0 Å². The summed E-state index contributed by atoms with van der Waals surface area (Å²) in [6, 6.07) is 11.0. The second-order valence-corrected chi connectivity index (χ2v) is 5.60. The normalized spacial score (nSPS) is 12.6. The Balaban J connectivity index is 1.73. The van der Waals surface area contributed by atoms with Crippen molar-refractivity contribution in [1.29, 1.82) is 0 Å². The molecular weight excluding hydrogens is 348 g/mol. The topological polar surface area (TPSA) is 59.9 Å². The van der Waals surface area contributed by atoms with Crippen molar-refractivity contribution in [3.63, 3.8) is 0 Å². The number of nitrogens with one attached hydrogen (secondary N) is 1. The Bertz CT molecular complexity index is 759. The molecule has 3 rings (SSSR count). The summed E-state index contributed by atoms with van der Waals surface area (Å²) in [5.41, 5.74) is 4.81. The molecule has 1 aliphatic rings. The van der Waals surface area contributed by atoms with Crippen LogP contribution in [0.5, 0.6) is 11.5 Å². The zero-order valence-corrected chi connectivity index (χ0v) is 13.4. The number of aryl methyl sites for hydroxylation is 1. The van der Waals surface area contributed by atoms with E-state index in [0.29, 0.717) is 17.1 Å². The van der Waals surface area contributed by atoms with Crippen LogP contribution in [0.3, 0.4) is 0 Å². The third-order valence-electron chi connectivity index (χ3n) is 3.25. The number of hydrazone groups is 1. The van der Waals surface area contributed by atoms with Gasteiger partial charge in [0, 0.05) is 15.6 Å². The Hall–Kier alpha value is -2.34. The summed E-state index contributed by atoms with van der Waals surface area (Å²) in [5.74, 6) is 1.11. The summed E-state index contributed by atoms with van der Waals surface area (Å²) < 4.78 is 11.4. The van der Waals surface area contributed by atoms with Crippen LogP contribution in [0.2, 0.25) is 0 Å². The maximum atomic E-state index is 12.0. The highest BCUT2D eigenvalue weighted by atomic mass is 79.9. The average Bonchev–Trinajstić information content (AvgIpc) is 2.94. The second kappa shape index (κ2) is 6.19. The molecule has 0 atom stereocenters. The molecule has 6 heteroatoms. The summed E-state index contributed by atoms with van der Waals surface area (Å²) in [5, 5.41) is 3.99. The first-order valence-corrected chi connectivity index (χ1v) is 7.42. The van der Waals surface area contributed by atoms with Crippen LogP contribution in [0.25, 0.3) is 0 Å². The Morgan fingerprint density at radius 3 is 2.77 bits per heavy atom. The molecule has 112 valence electrons. The summed E-state index contributed by atoms with van der Waals surface area (Å²) >= 11 is 3.43. The lowest BCUT2D eigenvalue weighted by molar-refractivity contribution is 0.0954. The number of rotatable bonds is 3. The predicted molar refractivity (Wildman–Crippen MR) is 86.5 cm³/mol. The number of halogens is 1. The minimum atomic E-state index is -0.244. The molecule has 1 N–H and O–H groups in total. The van der Waals surface area contributed by atoms with E-state index in [4.69, 9.17) is 9.47 Å². The van der Waals surface area contributed by atoms with Crippen LogP contribution in [0.15, 0.2) is 46.0 Å². The minimum absolute atomic E-state index is 0.215. The van der Waals surface area contributed by atoms with E-state index in [2.05, 4.69) is 26.5 Å². The molecule has 2 aromatic rings. The fraction of sp³-hybridized carbons (Fsp3) is 0.125. The van der Waals surface area contributed by atoms with Crippen LogP contribution in [-0.4, -0.2) is 18.9 Å². The molecule has 0 aromatic heterocycles. The maximum Gasteiger partial charge on any atom is 0.271 e. The van der Waals surface area contributed by atoms with Gasteiger partial charge in [-0.05, 0) is 46.6 Å². The largest absolute Gasteiger partial charge is 0.454 e. The molecule has 1 aliphatic heterocycles. The van der Waals surface area contributed by atoms with E-state index in [9.17, 15) is 4.79 Å². The molecule has 0 saturated carbocycles. The van der Waals surface area contributed by atoms with Gasteiger partial charge < -0.3 is 9.47 Å².